The van der Waals surface area contributed by atoms with Gasteiger partial charge in [0.1, 0.15) is 0 Å². The Labute approximate surface area is 172 Å². The number of pyridine rings is 1. The van der Waals surface area contributed by atoms with Gasteiger partial charge in [-0.2, -0.15) is 30.2 Å². The molecule has 0 aliphatic carbocycles. The molecule has 0 amide bonds. The van der Waals surface area contributed by atoms with Crippen LogP contribution >= 0.6 is 0 Å². The van der Waals surface area contributed by atoms with Crippen LogP contribution in [0.2, 0.25) is 0 Å². The van der Waals surface area contributed by atoms with Crippen molar-refractivity contribution < 1.29 is 41.0 Å². The lowest BCUT2D eigenvalue weighted by Crippen LogP contribution is -2.41. The SMILES string of the molecule is CN(C)S(=O)(=O)N1C[C@@H]2COC[C@]2(COCc2ccccn2)C1.O=C(O)C(F)(F)F. The lowest BCUT2D eigenvalue weighted by molar-refractivity contribution is -0.192. The van der Waals surface area contributed by atoms with E-state index >= 15 is 0 Å². The van der Waals surface area contributed by atoms with E-state index in [1.807, 2.05) is 18.2 Å². The molecule has 1 N–H and O–H groups in total. The van der Waals surface area contributed by atoms with E-state index in [0.717, 1.165) is 5.69 Å². The Kier molecular flexibility index (Phi) is 7.80. The van der Waals surface area contributed by atoms with E-state index in [2.05, 4.69) is 4.98 Å². The van der Waals surface area contributed by atoms with Gasteiger partial charge in [-0.15, -0.1) is 0 Å². The fourth-order valence-electron chi connectivity index (χ4n) is 3.24. The van der Waals surface area contributed by atoms with Crippen molar-refractivity contribution in [1.82, 2.24) is 13.6 Å². The summed E-state index contributed by atoms with van der Waals surface area (Å²) in [5.74, 6) is -2.58. The molecule has 1 aromatic rings. The molecular weight excluding hydrogens is 431 g/mol. The summed E-state index contributed by atoms with van der Waals surface area (Å²) in [7, 11) is -0.271. The van der Waals surface area contributed by atoms with Crippen molar-refractivity contribution in [2.45, 2.75) is 12.8 Å². The minimum Gasteiger partial charge on any atom is -0.475 e. The molecule has 0 saturated carbocycles. The average molecular weight is 455 g/mol. The van der Waals surface area contributed by atoms with Crippen molar-refractivity contribution in [2.75, 3.05) is 47.0 Å². The lowest BCUT2D eigenvalue weighted by Gasteiger charge is -2.27. The molecule has 0 spiro atoms. The third kappa shape index (κ3) is 5.88. The normalized spacial score (nSPS) is 24.4. The van der Waals surface area contributed by atoms with E-state index in [1.165, 1.54) is 4.31 Å². The lowest BCUT2D eigenvalue weighted by atomic mass is 9.82. The summed E-state index contributed by atoms with van der Waals surface area (Å²) in [5, 5.41) is 7.12. The number of hydrogen-bond acceptors (Lipinski definition) is 6. The zero-order valence-electron chi connectivity index (χ0n) is 16.5. The third-order valence-electron chi connectivity index (χ3n) is 4.89. The van der Waals surface area contributed by atoms with Gasteiger partial charge in [-0.05, 0) is 12.1 Å². The Hall–Kier alpha value is -1.80. The Morgan fingerprint density at radius 3 is 2.63 bits per heavy atom. The van der Waals surface area contributed by atoms with Gasteiger partial charge in [0, 0.05) is 44.7 Å². The number of nitrogens with zero attached hydrogens (tertiary/aromatic N) is 3. The van der Waals surface area contributed by atoms with Crippen molar-refractivity contribution in [2.24, 2.45) is 11.3 Å². The fraction of sp³-hybridized carbons (Fsp3) is 0.647. The third-order valence-corrected chi connectivity index (χ3v) is 6.74. The number of carbonyl (C=O) groups is 1. The average Bonchev–Trinajstić information content (AvgIpc) is 3.20. The minimum absolute atomic E-state index is 0.181. The van der Waals surface area contributed by atoms with Gasteiger partial charge in [0.2, 0.25) is 0 Å². The predicted octanol–water partition coefficient (Wildman–Crippen LogP) is 0.986. The summed E-state index contributed by atoms with van der Waals surface area (Å²) in [4.78, 5) is 13.1. The smallest absolute Gasteiger partial charge is 0.475 e. The summed E-state index contributed by atoms with van der Waals surface area (Å²) in [6.45, 7) is 2.98. The second-order valence-electron chi connectivity index (χ2n) is 7.27. The first-order chi connectivity index (χ1) is 13.9. The van der Waals surface area contributed by atoms with Crippen LogP contribution in [0, 0.1) is 11.3 Å². The van der Waals surface area contributed by atoms with Crippen molar-refractivity contribution in [3.63, 3.8) is 0 Å². The zero-order valence-corrected chi connectivity index (χ0v) is 17.3. The van der Waals surface area contributed by atoms with E-state index < -0.39 is 22.4 Å². The van der Waals surface area contributed by atoms with Crippen molar-refractivity contribution in [3.8, 4) is 0 Å². The van der Waals surface area contributed by atoms with E-state index in [0.29, 0.717) is 39.5 Å². The molecular formula is C17H24F3N3O6S. The van der Waals surface area contributed by atoms with Crippen LogP contribution in [-0.2, 0) is 31.1 Å². The maximum Gasteiger partial charge on any atom is 0.490 e. The summed E-state index contributed by atoms with van der Waals surface area (Å²) in [5.41, 5.74) is 0.618. The van der Waals surface area contributed by atoms with Crippen LogP contribution in [0.15, 0.2) is 24.4 Å². The number of fused-ring (bicyclic) bond motifs is 1. The molecule has 0 unspecified atom stereocenters. The quantitative estimate of drug-likeness (QED) is 0.681. The Morgan fingerprint density at radius 2 is 2.10 bits per heavy atom. The topological polar surface area (TPSA) is 109 Å². The van der Waals surface area contributed by atoms with Crippen LogP contribution < -0.4 is 0 Å². The molecule has 2 aliphatic rings. The Balaban J connectivity index is 0.000000396. The van der Waals surface area contributed by atoms with Crippen LogP contribution in [0.5, 0.6) is 0 Å². The highest BCUT2D eigenvalue weighted by molar-refractivity contribution is 7.86. The van der Waals surface area contributed by atoms with Crippen LogP contribution in [0.3, 0.4) is 0 Å². The summed E-state index contributed by atoms with van der Waals surface area (Å²) >= 11 is 0. The van der Waals surface area contributed by atoms with Crippen LogP contribution in [0.1, 0.15) is 5.69 Å². The number of carboxylic acids is 1. The molecule has 2 saturated heterocycles. The Morgan fingerprint density at radius 1 is 1.43 bits per heavy atom. The standard InChI is InChI=1S/C15H23N3O4S.C2HF3O2/c1-17(2)23(19,20)18-7-13-8-21-11-15(13,10-18)12-22-9-14-5-3-4-6-16-14;3-2(4,5)1(6)7/h3-6,13H,7-12H2,1-2H3;(H,6,7)/t13-,15+;/m1./s1. The first-order valence-corrected chi connectivity index (χ1v) is 10.3. The minimum atomic E-state index is -5.08. The number of halogens is 3. The molecule has 2 aliphatic heterocycles. The molecule has 1 aromatic heterocycles. The van der Waals surface area contributed by atoms with Crippen LogP contribution in [-0.4, -0.2) is 86.3 Å². The van der Waals surface area contributed by atoms with Crippen molar-refractivity contribution in [1.29, 1.82) is 0 Å². The predicted molar refractivity (Wildman–Crippen MR) is 98.5 cm³/mol. The number of carboxylic acid groups (broad SMARTS) is 1. The number of aromatic nitrogens is 1. The summed E-state index contributed by atoms with van der Waals surface area (Å²) in [6.07, 6.45) is -3.35. The molecule has 0 bridgehead atoms. The van der Waals surface area contributed by atoms with Gasteiger partial charge in [-0.3, -0.25) is 4.98 Å². The van der Waals surface area contributed by atoms with E-state index in [4.69, 9.17) is 19.4 Å². The first-order valence-electron chi connectivity index (χ1n) is 8.91. The number of ether oxygens (including phenoxy) is 2. The summed E-state index contributed by atoms with van der Waals surface area (Å²) < 4.78 is 70.7. The van der Waals surface area contributed by atoms with Gasteiger partial charge in [0.25, 0.3) is 10.2 Å². The van der Waals surface area contributed by atoms with E-state index in [1.54, 1.807) is 24.6 Å². The zero-order chi connectivity index (χ0) is 22.6. The molecule has 2 fully saturated rings. The second kappa shape index (κ2) is 9.56. The van der Waals surface area contributed by atoms with Crippen molar-refractivity contribution >= 4 is 16.2 Å². The highest BCUT2D eigenvalue weighted by Gasteiger charge is 2.53. The molecule has 9 nitrogen and oxygen atoms in total. The van der Waals surface area contributed by atoms with Gasteiger partial charge < -0.3 is 14.6 Å². The van der Waals surface area contributed by atoms with Gasteiger partial charge in [-0.1, -0.05) is 6.07 Å². The maximum absolute atomic E-state index is 12.4. The highest BCUT2D eigenvalue weighted by Crippen LogP contribution is 2.42. The number of aliphatic carboxylic acids is 1. The van der Waals surface area contributed by atoms with Crippen LogP contribution in [0.4, 0.5) is 13.2 Å². The Bertz CT molecular complexity index is 822. The van der Waals surface area contributed by atoms with Gasteiger partial charge >= 0.3 is 12.1 Å². The fourth-order valence-corrected chi connectivity index (χ4v) is 4.49. The largest absolute Gasteiger partial charge is 0.490 e. The molecule has 2 atom stereocenters. The monoisotopic (exact) mass is 455 g/mol. The number of alkyl halides is 3. The van der Waals surface area contributed by atoms with Gasteiger partial charge in [-0.25, -0.2) is 4.79 Å². The molecule has 170 valence electrons. The van der Waals surface area contributed by atoms with Crippen LogP contribution in [0.25, 0.3) is 0 Å². The molecule has 3 rings (SSSR count). The molecule has 13 heteroatoms. The van der Waals surface area contributed by atoms with E-state index in [9.17, 15) is 21.6 Å². The summed E-state index contributed by atoms with van der Waals surface area (Å²) in [6, 6.07) is 5.70. The highest BCUT2D eigenvalue weighted by atomic mass is 32.2. The molecule has 3 heterocycles. The number of rotatable bonds is 6. The van der Waals surface area contributed by atoms with Gasteiger partial charge in [0.05, 0.1) is 32.1 Å². The second-order valence-corrected chi connectivity index (χ2v) is 9.42. The number of hydrogen-bond donors (Lipinski definition) is 1. The van der Waals surface area contributed by atoms with E-state index in [-0.39, 0.29) is 11.3 Å². The molecule has 0 aromatic carbocycles. The maximum atomic E-state index is 12.4. The van der Waals surface area contributed by atoms with Gasteiger partial charge in [0.15, 0.2) is 0 Å². The van der Waals surface area contributed by atoms with Crippen molar-refractivity contribution in [3.05, 3.63) is 30.1 Å². The molecule has 0 radical (unpaired) electrons. The molecule has 30 heavy (non-hydrogen) atoms. The first kappa shape index (κ1) is 24.5.